The minimum atomic E-state index is 0.0774. The molecule has 0 aliphatic heterocycles. The molecule has 90 valence electrons. The van der Waals surface area contributed by atoms with Crippen LogP contribution in [-0.4, -0.2) is 0 Å². The van der Waals surface area contributed by atoms with Crippen LogP contribution >= 0.6 is 0 Å². The zero-order valence-electron chi connectivity index (χ0n) is 11.2. The normalized spacial score (nSPS) is 12.4. The fourth-order valence-corrected chi connectivity index (χ4v) is 1.52. The summed E-state index contributed by atoms with van der Waals surface area (Å²) < 4.78 is 0. The van der Waals surface area contributed by atoms with Gasteiger partial charge in [0.15, 0.2) is 0 Å². The first-order chi connectivity index (χ1) is 8.01. The molecule has 0 nitrogen and oxygen atoms in total. The molecule has 1 aromatic carbocycles. The third-order valence-electron chi connectivity index (χ3n) is 2.50. The molecule has 0 unspecified atom stereocenters. The molecule has 0 spiro atoms. The Morgan fingerprint density at radius 3 is 2.41 bits per heavy atom. The van der Waals surface area contributed by atoms with Crippen molar-refractivity contribution in [2.75, 3.05) is 0 Å². The SMILES string of the molecule is C=C[C@@H](C#CC(C)(C)C)CCc1ccccc1. The van der Waals surface area contributed by atoms with E-state index in [4.69, 9.17) is 0 Å². The van der Waals surface area contributed by atoms with Gasteiger partial charge in [-0.25, -0.2) is 0 Å². The highest BCUT2D eigenvalue weighted by Crippen LogP contribution is 2.14. The molecule has 1 atom stereocenters. The van der Waals surface area contributed by atoms with Crippen LogP contribution in [0, 0.1) is 23.2 Å². The molecule has 0 amide bonds. The van der Waals surface area contributed by atoms with Gasteiger partial charge in [-0.1, -0.05) is 48.2 Å². The van der Waals surface area contributed by atoms with Crippen molar-refractivity contribution in [3.05, 3.63) is 48.6 Å². The molecule has 1 aromatic rings. The minimum Gasteiger partial charge on any atom is -0.102 e. The van der Waals surface area contributed by atoms with E-state index in [9.17, 15) is 0 Å². The number of hydrogen-bond donors (Lipinski definition) is 0. The summed E-state index contributed by atoms with van der Waals surface area (Å²) in [5.41, 5.74) is 1.45. The molecule has 0 bridgehead atoms. The van der Waals surface area contributed by atoms with Crippen LogP contribution < -0.4 is 0 Å². The summed E-state index contributed by atoms with van der Waals surface area (Å²) in [6.07, 6.45) is 4.08. The molecule has 0 radical (unpaired) electrons. The van der Waals surface area contributed by atoms with Crippen LogP contribution in [0.5, 0.6) is 0 Å². The Morgan fingerprint density at radius 2 is 1.88 bits per heavy atom. The molecule has 0 aliphatic carbocycles. The second-order valence-corrected chi connectivity index (χ2v) is 5.39. The maximum absolute atomic E-state index is 3.87. The van der Waals surface area contributed by atoms with E-state index in [2.05, 4.69) is 63.5 Å². The average molecular weight is 226 g/mol. The average Bonchev–Trinajstić information content (AvgIpc) is 2.29. The summed E-state index contributed by atoms with van der Waals surface area (Å²) in [6, 6.07) is 10.5. The van der Waals surface area contributed by atoms with Crippen molar-refractivity contribution in [2.24, 2.45) is 11.3 Å². The molecule has 0 aliphatic rings. The lowest BCUT2D eigenvalue weighted by molar-refractivity contribution is 0.568. The van der Waals surface area contributed by atoms with Gasteiger partial charge in [-0.15, -0.1) is 6.58 Å². The first kappa shape index (κ1) is 13.6. The van der Waals surface area contributed by atoms with E-state index in [1.165, 1.54) is 5.56 Å². The van der Waals surface area contributed by atoms with Crippen molar-refractivity contribution in [2.45, 2.75) is 33.6 Å². The minimum absolute atomic E-state index is 0.0774. The molecular formula is C17H22. The van der Waals surface area contributed by atoms with Crippen molar-refractivity contribution in [3.8, 4) is 11.8 Å². The summed E-state index contributed by atoms with van der Waals surface area (Å²) in [5, 5.41) is 0. The summed E-state index contributed by atoms with van der Waals surface area (Å²) in [7, 11) is 0. The highest BCUT2D eigenvalue weighted by molar-refractivity contribution is 5.18. The van der Waals surface area contributed by atoms with Gasteiger partial charge in [0.05, 0.1) is 0 Å². The van der Waals surface area contributed by atoms with E-state index in [0.717, 1.165) is 12.8 Å². The molecule has 0 saturated heterocycles. The fourth-order valence-electron chi connectivity index (χ4n) is 1.52. The van der Waals surface area contributed by atoms with Crippen LogP contribution in [0.25, 0.3) is 0 Å². The van der Waals surface area contributed by atoms with Gasteiger partial charge in [0, 0.05) is 11.3 Å². The molecule has 0 heteroatoms. The number of hydrogen-bond acceptors (Lipinski definition) is 0. The third kappa shape index (κ3) is 5.97. The van der Waals surface area contributed by atoms with Crippen LogP contribution in [0.2, 0.25) is 0 Å². The van der Waals surface area contributed by atoms with Gasteiger partial charge in [0.2, 0.25) is 0 Å². The molecule has 0 N–H and O–H groups in total. The monoisotopic (exact) mass is 226 g/mol. The van der Waals surface area contributed by atoms with Gasteiger partial charge < -0.3 is 0 Å². The molecule has 0 aromatic heterocycles. The van der Waals surface area contributed by atoms with Crippen molar-refractivity contribution < 1.29 is 0 Å². The second-order valence-electron chi connectivity index (χ2n) is 5.39. The van der Waals surface area contributed by atoms with Crippen molar-refractivity contribution in [1.82, 2.24) is 0 Å². The van der Waals surface area contributed by atoms with E-state index in [1.54, 1.807) is 0 Å². The Hall–Kier alpha value is -1.48. The Bertz CT molecular complexity index is 395. The van der Waals surface area contributed by atoms with E-state index < -0.39 is 0 Å². The van der Waals surface area contributed by atoms with Gasteiger partial charge >= 0.3 is 0 Å². The predicted molar refractivity (Wildman–Crippen MR) is 75.7 cm³/mol. The van der Waals surface area contributed by atoms with Gasteiger partial charge in [-0.3, -0.25) is 0 Å². The van der Waals surface area contributed by atoms with Gasteiger partial charge in [0.25, 0.3) is 0 Å². The number of allylic oxidation sites excluding steroid dienone is 1. The maximum Gasteiger partial charge on any atom is 0.0383 e. The Balaban J connectivity index is 2.53. The van der Waals surface area contributed by atoms with Crippen molar-refractivity contribution >= 4 is 0 Å². The molecule has 0 saturated carbocycles. The lowest BCUT2D eigenvalue weighted by atomic mass is 9.94. The third-order valence-corrected chi connectivity index (χ3v) is 2.50. The van der Waals surface area contributed by atoms with Crippen molar-refractivity contribution in [3.63, 3.8) is 0 Å². The molecular weight excluding hydrogens is 204 g/mol. The standard InChI is InChI=1S/C17H22/c1-5-15(13-14-17(2,3)4)11-12-16-9-7-6-8-10-16/h5-10,15H,1,11-12H2,2-4H3/t15-/m1/s1. The zero-order chi connectivity index (χ0) is 12.7. The van der Waals surface area contributed by atoms with Crippen LogP contribution in [0.1, 0.15) is 32.8 Å². The van der Waals surface area contributed by atoms with Crippen LogP contribution in [0.4, 0.5) is 0 Å². The van der Waals surface area contributed by atoms with Gasteiger partial charge in [0.1, 0.15) is 0 Å². The summed E-state index contributed by atoms with van der Waals surface area (Å²) >= 11 is 0. The molecule has 0 heterocycles. The number of aryl methyl sites for hydroxylation is 1. The lowest BCUT2D eigenvalue weighted by Crippen LogP contribution is -2.02. The predicted octanol–water partition coefficient (Wildman–Crippen LogP) is 4.47. The number of benzene rings is 1. The van der Waals surface area contributed by atoms with Crippen LogP contribution in [0.15, 0.2) is 43.0 Å². The number of rotatable bonds is 4. The van der Waals surface area contributed by atoms with Crippen LogP contribution in [0.3, 0.4) is 0 Å². The summed E-state index contributed by atoms with van der Waals surface area (Å²) in [4.78, 5) is 0. The largest absolute Gasteiger partial charge is 0.102 e. The van der Waals surface area contributed by atoms with Crippen LogP contribution in [-0.2, 0) is 6.42 Å². The van der Waals surface area contributed by atoms with Gasteiger partial charge in [-0.05, 0) is 39.2 Å². The van der Waals surface area contributed by atoms with E-state index in [-0.39, 0.29) is 5.41 Å². The molecule has 17 heavy (non-hydrogen) atoms. The summed E-state index contributed by atoms with van der Waals surface area (Å²) in [5.74, 6) is 6.90. The Labute approximate surface area is 106 Å². The molecule has 1 rings (SSSR count). The van der Waals surface area contributed by atoms with E-state index >= 15 is 0 Å². The highest BCUT2D eigenvalue weighted by Gasteiger charge is 2.05. The van der Waals surface area contributed by atoms with Crippen molar-refractivity contribution in [1.29, 1.82) is 0 Å². The van der Waals surface area contributed by atoms with E-state index in [0.29, 0.717) is 5.92 Å². The Morgan fingerprint density at radius 1 is 1.24 bits per heavy atom. The first-order valence-corrected chi connectivity index (χ1v) is 6.20. The zero-order valence-corrected chi connectivity index (χ0v) is 11.2. The van der Waals surface area contributed by atoms with Gasteiger partial charge in [-0.2, -0.15) is 0 Å². The molecule has 0 fully saturated rings. The topological polar surface area (TPSA) is 0 Å². The maximum atomic E-state index is 3.87. The first-order valence-electron chi connectivity index (χ1n) is 6.20. The Kier molecular flexibility index (Phi) is 5.04. The lowest BCUT2D eigenvalue weighted by Gasteiger charge is -2.10. The quantitative estimate of drug-likeness (QED) is 0.525. The second kappa shape index (κ2) is 6.30. The smallest absolute Gasteiger partial charge is 0.0383 e. The van der Waals surface area contributed by atoms with E-state index in [1.807, 2.05) is 12.1 Å². The summed E-state index contributed by atoms with van der Waals surface area (Å²) in [6.45, 7) is 10.3. The fraction of sp³-hybridized carbons (Fsp3) is 0.412. The highest BCUT2D eigenvalue weighted by atomic mass is 14.1.